The zero-order valence-corrected chi connectivity index (χ0v) is 11.9. The second kappa shape index (κ2) is 5.11. The van der Waals surface area contributed by atoms with Crippen LogP contribution in [0.5, 0.6) is 0 Å². The Kier molecular flexibility index (Phi) is 3.31. The van der Waals surface area contributed by atoms with Crippen LogP contribution in [-0.4, -0.2) is 15.1 Å². The molecule has 4 nitrogen and oxygen atoms in total. The molecule has 0 atom stereocenters. The van der Waals surface area contributed by atoms with Crippen molar-refractivity contribution in [3.8, 4) is 22.8 Å². The Balaban J connectivity index is 1.97. The Labute approximate surface area is 122 Å². The van der Waals surface area contributed by atoms with Gasteiger partial charge in [-0.25, -0.2) is 4.98 Å². The summed E-state index contributed by atoms with van der Waals surface area (Å²) in [5.74, 6) is 0.956. The molecule has 0 aliphatic rings. The Morgan fingerprint density at radius 2 is 1.84 bits per heavy atom. The summed E-state index contributed by atoms with van der Waals surface area (Å²) in [4.78, 5) is 8.25. The molecule has 1 aromatic carbocycles. The smallest absolute Gasteiger partial charge is 0.258 e. The second-order valence-electron chi connectivity index (χ2n) is 3.80. The fraction of sp³-hybridized carbons (Fsp3) is 0. The van der Waals surface area contributed by atoms with Gasteiger partial charge in [-0.15, -0.1) is 0 Å². The molecule has 0 amide bonds. The van der Waals surface area contributed by atoms with E-state index in [0.717, 1.165) is 15.6 Å². The molecule has 0 fully saturated rings. The molecule has 0 aliphatic heterocycles. The van der Waals surface area contributed by atoms with Crippen molar-refractivity contribution in [2.75, 3.05) is 0 Å². The lowest BCUT2D eigenvalue weighted by Crippen LogP contribution is -1.82. The van der Waals surface area contributed by atoms with Gasteiger partial charge in [0.15, 0.2) is 0 Å². The van der Waals surface area contributed by atoms with Crippen LogP contribution in [0.3, 0.4) is 0 Å². The van der Waals surface area contributed by atoms with Gasteiger partial charge in [-0.2, -0.15) is 4.98 Å². The highest BCUT2D eigenvalue weighted by atomic mass is 79.9. The molecule has 0 radical (unpaired) electrons. The first-order valence-electron chi connectivity index (χ1n) is 5.44. The number of aromatic nitrogens is 3. The minimum atomic E-state index is 0.390. The first-order valence-corrected chi connectivity index (χ1v) is 6.61. The van der Waals surface area contributed by atoms with Gasteiger partial charge in [-0.05, 0) is 36.4 Å². The van der Waals surface area contributed by atoms with Gasteiger partial charge in [0.1, 0.15) is 5.15 Å². The summed E-state index contributed by atoms with van der Waals surface area (Å²) in [5, 5.41) is 4.35. The van der Waals surface area contributed by atoms with Crippen molar-refractivity contribution in [2.24, 2.45) is 0 Å². The van der Waals surface area contributed by atoms with Crippen LogP contribution in [0.1, 0.15) is 0 Å². The molecule has 3 aromatic rings. The standard InChI is InChI=1S/C13H7BrClN3O/c14-10-3-1-8(2-4-10)12-17-13(19-18-12)9-5-6-16-11(15)7-9/h1-7H. The molecule has 0 N–H and O–H groups in total. The van der Waals surface area contributed by atoms with Crippen LogP contribution in [0.4, 0.5) is 0 Å². The lowest BCUT2D eigenvalue weighted by molar-refractivity contribution is 0.432. The molecule has 0 spiro atoms. The van der Waals surface area contributed by atoms with Crippen LogP contribution in [0, 0.1) is 0 Å². The molecular weight excluding hydrogens is 330 g/mol. The van der Waals surface area contributed by atoms with Crippen molar-refractivity contribution in [1.29, 1.82) is 0 Å². The summed E-state index contributed by atoms with van der Waals surface area (Å²) in [6.07, 6.45) is 1.60. The minimum Gasteiger partial charge on any atom is -0.334 e. The van der Waals surface area contributed by atoms with Crippen molar-refractivity contribution in [2.45, 2.75) is 0 Å². The third kappa shape index (κ3) is 2.67. The Hall–Kier alpha value is -1.72. The van der Waals surface area contributed by atoms with Crippen LogP contribution in [0.25, 0.3) is 22.8 Å². The lowest BCUT2D eigenvalue weighted by atomic mass is 10.2. The van der Waals surface area contributed by atoms with Crippen molar-refractivity contribution in [3.05, 3.63) is 52.2 Å². The molecule has 0 saturated carbocycles. The molecule has 6 heteroatoms. The number of benzene rings is 1. The zero-order valence-electron chi connectivity index (χ0n) is 9.55. The first-order chi connectivity index (χ1) is 9.22. The predicted octanol–water partition coefficient (Wildman–Crippen LogP) is 4.21. The average molecular weight is 337 g/mol. The number of pyridine rings is 1. The summed E-state index contributed by atoms with van der Waals surface area (Å²) in [6, 6.07) is 11.1. The molecule has 94 valence electrons. The highest BCUT2D eigenvalue weighted by Crippen LogP contribution is 2.24. The van der Waals surface area contributed by atoms with E-state index in [-0.39, 0.29) is 0 Å². The zero-order chi connectivity index (χ0) is 13.2. The molecule has 0 saturated heterocycles. The molecule has 2 heterocycles. The van der Waals surface area contributed by atoms with Gasteiger partial charge in [-0.3, -0.25) is 0 Å². The van der Waals surface area contributed by atoms with Crippen molar-refractivity contribution in [3.63, 3.8) is 0 Å². The van der Waals surface area contributed by atoms with Gasteiger partial charge in [-0.1, -0.05) is 32.7 Å². The number of nitrogens with zero attached hydrogens (tertiary/aromatic N) is 3. The summed E-state index contributed by atoms with van der Waals surface area (Å²) < 4.78 is 6.23. The van der Waals surface area contributed by atoms with E-state index in [1.807, 2.05) is 24.3 Å². The summed E-state index contributed by atoms with van der Waals surface area (Å²) in [7, 11) is 0. The number of rotatable bonds is 2. The van der Waals surface area contributed by atoms with Gasteiger partial charge >= 0.3 is 0 Å². The van der Waals surface area contributed by atoms with E-state index in [0.29, 0.717) is 16.9 Å². The fourth-order valence-electron chi connectivity index (χ4n) is 1.59. The molecule has 0 bridgehead atoms. The first kappa shape index (κ1) is 12.3. The van der Waals surface area contributed by atoms with Crippen LogP contribution in [-0.2, 0) is 0 Å². The maximum absolute atomic E-state index is 5.83. The van der Waals surface area contributed by atoms with E-state index in [9.17, 15) is 0 Å². The molecule has 0 aliphatic carbocycles. The molecular formula is C13H7BrClN3O. The number of hydrogen-bond acceptors (Lipinski definition) is 4. The number of halogens is 2. The molecule has 19 heavy (non-hydrogen) atoms. The third-order valence-corrected chi connectivity index (χ3v) is 3.24. The van der Waals surface area contributed by atoms with Crippen molar-refractivity contribution in [1.82, 2.24) is 15.1 Å². The van der Waals surface area contributed by atoms with Crippen molar-refractivity contribution < 1.29 is 4.52 Å². The van der Waals surface area contributed by atoms with E-state index in [1.54, 1.807) is 18.3 Å². The largest absolute Gasteiger partial charge is 0.334 e. The number of hydrogen-bond donors (Lipinski definition) is 0. The summed E-state index contributed by atoms with van der Waals surface area (Å²) >= 11 is 9.21. The van der Waals surface area contributed by atoms with Crippen LogP contribution < -0.4 is 0 Å². The maximum atomic E-state index is 5.83. The van der Waals surface area contributed by atoms with Gasteiger partial charge in [0.05, 0.1) is 0 Å². The second-order valence-corrected chi connectivity index (χ2v) is 5.10. The highest BCUT2D eigenvalue weighted by Gasteiger charge is 2.10. The van der Waals surface area contributed by atoms with Crippen LogP contribution in [0.2, 0.25) is 5.15 Å². The van der Waals surface area contributed by atoms with Crippen LogP contribution in [0.15, 0.2) is 51.6 Å². The van der Waals surface area contributed by atoms with Gasteiger partial charge in [0.2, 0.25) is 5.82 Å². The fourth-order valence-corrected chi connectivity index (χ4v) is 2.03. The van der Waals surface area contributed by atoms with E-state index in [2.05, 4.69) is 31.1 Å². The monoisotopic (exact) mass is 335 g/mol. The molecule has 3 rings (SSSR count). The third-order valence-electron chi connectivity index (χ3n) is 2.50. The van der Waals surface area contributed by atoms with Gasteiger partial charge in [0, 0.05) is 21.8 Å². The lowest BCUT2D eigenvalue weighted by Gasteiger charge is -1.94. The summed E-state index contributed by atoms with van der Waals surface area (Å²) in [6.45, 7) is 0. The van der Waals surface area contributed by atoms with E-state index in [4.69, 9.17) is 16.1 Å². The van der Waals surface area contributed by atoms with E-state index in [1.165, 1.54) is 0 Å². The van der Waals surface area contributed by atoms with Crippen molar-refractivity contribution >= 4 is 27.5 Å². The van der Waals surface area contributed by atoms with Gasteiger partial charge < -0.3 is 4.52 Å². The molecule has 0 unspecified atom stereocenters. The normalized spacial score (nSPS) is 10.6. The Bertz CT molecular complexity index is 712. The van der Waals surface area contributed by atoms with E-state index >= 15 is 0 Å². The topological polar surface area (TPSA) is 51.8 Å². The predicted molar refractivity (Wildman–Crippen MR) is 75.7 cm³/mol. The minimum absolute atomic E-state index is 0.390. The maximum Gasteiger partial charge on any atom is 0.258 e. The highest BCUT2D eigenvalue weighted by molar-refractivity contribution is 9.10. The van der Waals surface area contributed by atoms with Crippen LogP contribution >= 0.6 is 27.5 Å². The van der Waals surface area contributed by atoms with E-state index < -0.39 is 0 Å². The SMILES string of the molecule is Clc1cc(-c2nc(-c3ccc(Br)cc3)no2)ccn1. The quantitative estimate of drug-likeness (QED) is 0.658. The Morgan fingerprint density at radius 1 is 1.05 bits per heavy atom. The molecule has 2 aromatic heterocycles. The average Bonchev–Trinajstić information content (AvgIpc) is 2.89. The summed E-state index contributed by atoms with van der Waals surface area (Å²) in [5.41, 5.74) is 1.63. The Morgan fingerprint density at radius 3 is 2.58 bits per heavy atom. The van der Waals surface area contributed by atoms with Gasteiger partial charge in [0.25, 0.3) is 5.89 Å².